The Kier molecular flexibility index (Phi) is 10.2. The average molecular weight is 667 g/mol. The highest BCUT2D eigenvalue weighted by molar-refractivity contribution is 7.99. The van der Waals surface area contributed by atoms with Gasteiger partial charge in [0.05, 0.1) is 10.5 Å². The zero-order chi connectivity index (χ0) is 31.9. The molecule has 0 atom stereocenters. The van der Waals surface area contributed by atoms with E-state index in [2.05, 4.69) is 57.0 Å². The standard InChI is InChI=1S/C36H31ClN4O3S2/c37-28-15-13-26(14-16-28)33-12-5-4-7-27(33)25-39-19-21-40(22-20-39)29-17-18-34(35(24-29)45-31-9-2-1-3-10-31)36(42)38-46-32-11-6-8-30(23-32)41(43)44/h1-18,23-24H,19-22,25H2,(H,38,42). The molecular weight excluding hydrogens is 636 g/mol. The topological polar surface area (TPSA) is 78.7 Å². The van der Waals surface area contributed by atoms with Gasteiger partial charge in [0.1, 0.15) is 0 Å². The van der Waals surface area contributed by atoms with Crippen molar-refractivity contribution in [2.75, 3.05) is 31.1 Å². The second-order valence-corrected chi connectivity index (χ2v) is 13.2. The number of carbonyl (C=O) groups is 1. The summed E-state index contributed by atoms with van der Waals surface area (Å²) in [6, 6.07) is 38.7. The van der Waals surface area contributed by atoms with Crippen LogP contribution < -0.4 is 9.62 Å². The fourth-order valence-electron chi connectivity index (χ4n) is 5.39. The Morgan fingerprint density at radius 3 is 2.28 bits per heavy atom. The Hall–Kier alpha value is -4.28. The minimum absolute atomic E-state index is 0.0187. The van der Waals surface area contributed by atoms with E-state index < -0.39 is 4.92 Å². The number of non-ortho nitro benzene ring substituents is 1. The van der Waals surface area contributed by atoms with E-state index in [9.17, 15) is 14.9 Å². The van der Waals surface area contributed by atoms with Crippen molar-refractivity contribution in [2.45, 2.75) is 21.2 Å². The largest absolute Gasteiger partial charge is 0.369 e. The minimum Gasteiger partial charge on any atom is -0.369 e. The number of rotatable bonds is 10. The van der Waals surface area contributed by atoms with Gasteiger partial charge in [-0.15, -0.1) is 0 Å². The second-order valence-electron chi connectivity index (χ2n) is 10.8. The van der Waals surface area contributed by atoms with Crippen LogP contribution in [0.2, 0.25) is 5.02 Å². The lowest BCUT2D eigenvalue weighted by atomic mass is 9.99. The number of nitrogens with zero attached hydrogens (tertiary/aromatic N) is 3. The van der Waals surface area contributed by atoms with Crippen LogP contribution >= 0.6 is 35.3 Å². The van der Waals surface area contributed by atoms with Crippen LogP contribution in [0, 0.1) is 10.1 Å². The van der Waals surface area contributed by atoms with E-state index in [0.29, 0.717) is 10.5 Å². The smallest absolute Gasteiger partial charge is 0.270 e. The molecule has 0 aromatic heterocycles. The van der Waals surface area contributed by atoms with Gasteiger partial charge < -0.3 is 4.90 Å². The van der Waals surface area contributed by atoms with E-state index in [4.69, 9.17) is 11.6 Å². The molecule has 1 N–H and O–H groups in total. The van der Waals surface area contributed by atoms with Crippen LogP contribution in [0.25, 0.3) is 11.1 Å². The van der Waals surface area contributed by atoms with Crippen molar-refractivity contribution in [2.24, 2.45) is 0 Å². The number of nitrogens with one attached hydrogen (secondary N) is 1. The summed E-state index contributed by atoms with van der Waals surface area (Å²) in [6.07, 6.45) is 0. The quantitative estimate of drug-likeness (QED) is 0.0906. The van der Waals surface area contributed by atoms with Gasteiger partial charge in [0.25, 0.3) is 11.6 Å². The molecule has 0 spiro atoms. The molecule has 7 nitrogen and oxygen atoms in total. The van der Waals surface area contributed by atoms with Crippen molar-refractivity contribution >= 4 is 52.6 Å². The number of nitro groups is 1. The number of anilines is 1. The molecule has 1 heterocycles. The van der Waals surface area contributed by atoms with Gasteiger partial charge in [0.15, 0.2) is 0 Å². The third kappa shape index (κ3) is 7.92. The molecule has 0 saturated carbocycles. The van der Waals surface area contributed by atoms with Crippen molar-refractivity contribution in [1.29, 1.82) is 0 Å². The van der Waals surface area contributed by atoms with E-state index >= 15 is 0 Å². The van der Waals surface area contributed by atoms with Crippen molar-refractivity contribution in [3.63, 3.8) is 0 Å². The second kappa shape index (κ2) is 14.9. The summed E-state index contributed by atoms with van der Waals surface area (Å²) < 4.78 is 2.87. The number of benzene rings is 5. The van der Waals surface area contributed by atoms with Crippen LogP contribution in [0.1, 0.15) is 15.9 Å². The van der Waals surface area contributed by atoms with Crippen molar-refractivity contribution in [1.82, 2.24) is 9.62 Å². The lowest BCUT2D eigenvalue weighted by Crippen LogP contribution is -2.46. The van der Waals surface area contributed by atoms with E-state index in [-0.39, 0.29) is 11.6 Å². The van der Waals surface area contributed by atoms with Gasteiger partial charge in [-0.2, -0.15) is 0 Å². The van der Waals surface area contributed by atoms with Gasteiger partial charge in [0, 0.05) is 70.3 Å². The van der Waals surface area contributed by atoms with Gasteiger partial charge in [-0.25, -0.2) is 0 Å². The zero-order valence-electron chi connectivity index (χ0n) is 24.8. The highest BCUT2D eigenvalue weighted by atomic mass is 35.5. The number of piperazine rings is 1. The first-order valence-corrected chi connectivity index (χ1v) is 16.8. The molecule has 10 heteroatoms. The predicted octanol–water partition coefficient (Wildman–Crippen LogP) is 8.83. The number of carbonyl (C=O) groups excluding carboxylic acids is 1. The molecule has 5 aromatic rings. The summed E-state index contributed by atoms with van der Waals surface area (Å²) in [6.45, 7) is 4.43. The molecule has 1 aliphatic heterocycles. The van der Waals surface area contributed by atoms with E-state index in [0.717, 1.165) is 70.7 Å². The highest BCUT2D eigenvalue weighted by Crippen LogP contribution is 2.35. The third-order valence-electron chi connectivity index (χ3n) is 7.77. The van der Waals surface area contributed by atoms with Gasteiger partial charge in [-0.05, 0) is 77.2 Å². The molecule has 0 radical (unpaired) electrons. The van der Waals surface area contributed by atoms with Crippen molar-refractivity contribution in [3.8, 4) is 11.1 Å². The van der Waals surface area contributed by atoms with Crippen molar-refractivity contribution < 1.29 is 9.72 Å². The Morgan fingerprint density at radius 2 is 1.52 bits per heavy atom. The summed E-state index contributed by atoms with van der Waals surface area (Å²) >= 11 is 8.74. The molecular formula is C36H31ClN4O3S2. The first kappa shape index (κ1) is 31.7. The predicted molar refractivity (Wildman–Crippen MR) is 188 cm³/mol. The molecule has 1 amide bonds. The summed E-state index contributed by atoms with van der Waals surface area (Å²) in [4.78, 5) is 31.4. The number of nitro benzene ring substituents is 1. The van der Waals surface area contributed by atoms with E-state index in [1.54, 1.807) is 23.9 Å². The van der Waals surface area contributed by atoms with E-state index in [1.807, 2.05) is 54.6 Å². The van der Waals surface area contributed by atoms with Crippen LogP contribution in [-0.2, 0) is 6.54 Å². The normalized spacial score (nSPS) is 13.4. The molecule has 1 aliphatic rings. The van der Waals surface area contributed by atoms with Gasteiger partial charge >= 0.3 is 0 Å². The maximum atomic E-state index is 13.4. The molecule has 6 rings (SSSR count). The Bertz CT molecular complexity index is 1830. The lowest BCUT2D eigenvalue weighted by Gasteiger charge is -2.36. The van der Waals surface area contributed by atoms with Gasteiger partial charge in [-0.1, -0.05) is 84.0 Å². The molecule has 0 unspecified atom stereocenters. The zero-order valence-corrected chi connectivity index (χ0v) is 27.2. The van der Waals surface area contributed by atoms with Gasteiger partial charge in [-0.3, -0.25) is 24.5 Å². The highest BCUT2D eigenvalue weighted by Gasteiger charge is 2.21. The lowest BCUT2D eigenvalue weighted by molar-refractivity contribution is -0.385. The monoisotopic (exact) mass is 666 g/mol. The Morgan fingerprint density at radius 1 is 0.804 bits per heavy atom. The number of halogens is 1. The molecule has 0 aliphatic carbocycles. The fourth-order valence-corrected chi connectivity index (χ4v) is 7.16. The summed E-state index contributed by atoms with van der Waals surface area (Å²) in [7, 11) is 0. The molecule has 5 aromatic carbocycles. The SMILES string of the molecule is O=C(NSc1cccc([N+](=O)[O-])c1)c1ccc(N2CCN(Cc3ccccc3-c3ccc(Cl)cc3)CC2)cc1Sc1ccccc1. The summed E-state index contributed by atoms with van der Waals surface area (Å²) in [5.74, 6) is -0.259. The average Bonchev–Trinajstić information content (AvgIpc) is 3.09. The number of hydrogen-bond acceptors (Lipinski definition) is 7. The van der Waals surface area contributed by atoms with Crippen LogP contribution in [0.5, 0.6) is 0 Å². The van der Waals surface area contributed by atoms with E-state index in [1.165, 1.54) is 23.3 Å². The summed E-state index contributed by atoms with van der Waals surface area (Å²) in [5, 5.41) is 11.9. The maximum absolute atomic E-state index is 13.4. The minimum atomic E-state index is -0.445. The van der Waals surface area contributed by atoms with Crippen molar-refractivity contribution in [3.05, 3.63) is 148 Å². The molecule has 1 saturated heterocycles. The van der Waals surface area contributed by atoms with Crippen LogP contribution in [0.3, 0.4) is 0 Å². The third-order valence-corrected chi connectivity index (χ3v) is 9.87. The molecule has 0 bridgehead atoms. The first-order chi connectivity index (χ1) is 22.4. The van der Waals surface area contributed by atoms with Crippen LogP contribution in [0.4, 0.5) is 11.4 Å². The maximum Gasteiger partial charge on any atom is 0.270 e. The Balaban J connectivity index is 1.15. The fraction of sp³-hybridized carbons (Fsp3) is 0.139. The van der Waals surface area contributed by atoms with Crippen LogP contribution in [0.15, 0.2) is 136 Å². The first-order valence-electron chi connectivity index (χ1n) is 14.8. The van der Waals surface area contributed by atoms with Crippen LogP contribution in [-0.4, -0.2) is 41.9 Å². The number of amides is 1. The molecule has 232 valence electrons. The Labute approximate surface area is 281 Å². The van der Waals surface area contributed by atoms with Gasteiger partial charge in [0.2, 0.25) is 0 Å². The molecule has 1 fully saturated rings. The molecule has 46 heavy (non-hydrogen) atoms. The summed E-state index contributed by atoms with van der Waals surface area (Å²) in [5.41, 5.74) is 5.28. The number of hydrogen-bond donors (Lipinski definition) is 1.